The Morgan fingerprint density at radius 2 is 0.771 bits per heavy atom. The normalized spacial score (nSPS) is 20.3. The highest BCUT2D eigenvalue weighted by Crippen LogP contribution is 2.47. The van der Waals surface area contributed by atoms with Gasteiger partial charge in [-0.25, -0.2) is 19.2 Å². The van der Waals surface area contributed by atoms with Crippen molar-refractivity contribution in [1.82, 2.24) is 0 Å². The van der Waals surface area contributed by atoms with E-state index in [-0.39, 0.29) is 12.8 Å². The molecule has 0 amide bonds. The number of ether oxygens (including phenoxy) is 4. The number of alkyl halides is 12. The lowest BCUT2D eigenvalue weighted by Gasteiger charge is -2.47. The Labute approximate surface area is 264 Å². The van der Waals surface area contributed by atoms with E-state index in [0.29, 0.717) is 26.7 Å². The van der Waals surface area contributed by atoms with Crippen LogP contribution < -0.4 is 0 Å². The first-order valence-electron chi connectivity index (χ1n) is 13.7. The van der Waals surface area contributed by atoms with Crippen molar-refractivity contribution >= 4 is 23.9 Å². The van der Waals surface area contributed by atoms with Crippen LogP contribution in [-0.2, 0) is 38.1 Å². The number of carbonyl (C=O) groups excluding carboxylic acids is 4. The van der Waals surface area contributed by atoms with Crippen LogP contribution in [0.4, 0.5) is 52.7 Å². The molecule has 0 bridgehead atoms. The largest absolute Gasteiger partial charge is 0.457 e. The average Bonchev–Trinajstić information content (AvgIpc) is 2.88. The number of rotatable bonds is 10. The minimum absolute atomic E-state index is 0.150. The summed E-state index contributed by atoms with van der Waals surface area (Å²) in [6, 6.07) is 0. The van der Waals surface area contributed by atoms with Gasteiger partial charge in [0, 0.05) is 11.8 Å². The molecule has 0 aromatic heterocycles. The molecule has 0 heterocycles. The molecule has 4 atom stereocenters. The van der Waals surface area contributed by atoms with Crippen LogP contribution in [0.5, 0.6) is 0 Å². The van der Waals surface area contributed by atoms with Gasteiger partial charge in [0.25, 0.3) is 0 Å². The molecule has 1 rings (SSSR count). The monoisotopic (exact) mass is 732 g/mol. The fourth-order valence-corrected chi connectivity index (χ4v) is 5.00. The molecule has 0 aromatic rings. The molecule has 1 fully saturated rings. The summed E-state index contributed by atoms with van der Waals surface area (Å²) in [6.07, 6.45) is -30.1. The minimum atomic E-state index is -6.60. The highest BCUT2D eigenvalue weighted by molar-refractivity contribution is 5.86. The molecule has 0 aliphatic heterocycles. The molecule has 1 aliphatic carbocycles. The Kier molecular flexibility index (Phi) is 12.3. The number of hydrogen-bond donors (Lipinski definition) is 2. The molecule has 0 spiro atoms. The van der Waals surface area contributed by atoms with Crippen LogP contribution in [-0.4, -0.2) is 93.4 Å². The predicted molar refractivity (Wildman–Crippen MR) is 131 cm³/mol. The summed E-state index contributed by atoms with van der Waals surface area (Å²) < 4.78 is 174. The molecule has 1 aliphatic rings. The standard InChI is InChI=1S/C26H32F12O10/c1-11(45-17(41)21(43,23(27,28)29)24(30,31)32)15(39)47-19(3,4)13-9-7-8-10-14(13)20(5,6)48-16(40)12(2)46-18(42)22(44,25(33,34)35)26(36,37)38/h11-14,43-44H,7-10H2,1-6H3. The number of hydrogen-bond acceptors (Lipinski definition) is 10. The second kappa shape index (κ2) is 13.7. The van der Waals surface area contributed by atoms with E-state index in [1.165, 1.54) is 27.7 Å². The maximum Gasteiger partial charge on any atom is 0.437 e. The summed E-state index contributed by atoms with van der Waals surface area (Å²) >= 11 is 0. The fourth-order valence-electron chi connectivity index (χ4n) is 5.00. The molecule has 0 saturated heterocycles. The molecule has 22 heteroatoms. The Morgan fingerprint density at radius 1 is 0.542 bits per heavy atom. The van der Waals surface area contributed by atoms with Crippen LogP contribution in [0.25, 0.3) is 0 Å². The third-order valence-corrected chi connectivity index (χ3v) is 7.74. The molecular weight excluding hydrogens is 700 g/mol. The summed E-state index contributed by atoms with van der Waals surface area (Å²) in [7, 11) is 0. The van der Waals surface area contributed by atoms with Gasteiger partial charge >= 0.3 is 59.8 Å². The Hall–Kier alpha value is -3.04. The van der Waals surface area contributed by atoms with Crippen molar-refractivity contribution in [2.75, 3.05) is 0 Å². The van der Waals surface area contributed by atoms with E-state index < -0.39 is 95.0 Å². The molecule has 48 heavy (non-hydrogen) atoms. The van der Waals surface area contributed by atoms with E-state index in [0.717, 1.165) is 0 Å². The van der Waals surface area contributed by atoms with Crippen LogP contribution in [0.15, 0.2) is 0 Å². The van der Waals surface area contributed by atoms with Crippen molar-refractivity contribution in [3.05, 3.63) is 0 Å². The second-order valence-corrected chi connectivity index (χ2v) is 12.1. The Morgan fingerprint density at radius 3 is 0.979 bits per heavy atom. The predicted octanol–water partition coefficient (Wildman–Crippen LogP) is 5.01. The van der Waals surface area contributed by atoms with Gasteiger partial charge in [-0.1, -0.05) is 12.8 Å². The highest BCUT2D eigenvalue weighted by Gasteiger charge is 2.78. The summed E-state index contributed by atoms with van der Waals surface area (Å²) in [4.78, 5) is 48.9. The van der Waals surface area contributed by atoms with Gasteiger partial charge in [0.2, 0.25) is 0 Å². The molecule has 1 saturated carbocycles. The van der Waals surface area contributed by atoms with Crippen molar-refractivity contribution in [3.63, 3.8) is 0 Å². The zero-order valence-corrected chi connectivity index (χ0v) is 25.8. The molecule has 4 unspecified atom stereocenters. The summed E-state index contributed by atoms with van der Waals surface area (Å²) in [5.74, 6) is -11.6. The first kappa shape index (κ1) is 43.0. The van der Waals surface area contributed by atoms with Crippen LogP contribution >= 0.6 is 0 Å². The van der Waals surface area contributed by atoms with Crippen LogP contribution in [0, 0.1) is 11.8 Å². The van der Waals surface area contributed by atoms with Gasteiger partial charge < -0.3 is 29.2 Å². The van der Waals surface area contributed by atoms with Crippen LogP contribution in [0.3, 0.4) is 0 Å². The first-order chi connectivity index (χ1) is 21.1. The lowest BCUT2D eigenvalue weighted by molar-refractivity contribution is -0.358. The maximum absolute atomic E-state index is 13.0. The lowest BCUT2D eigenvalue weighted by atomic mass is 9.65. The van der Waals surface area contributed by atoms with E-state index in [9.17, 15) is 71.9 Å². The third kappa shape index (κ3) is 8.57. The fraction of sp³-hybridized carbons (Fsp3) is 0.846. The van der Waals surface area contributed by atoms with E-state index in [1.807, 2.05) is 0 Å². The van der Waals surface area contributed by atoms with E-state index in [4.69, 9.17) is 19.7 Å². The first-order valence-corrected chi connectivity index (χ1v) is 13.7. The lowest BCUT2D eigenvalue weighted by Crippen LogP contribution is -2.63. The van der Waals surface area contributed by atoms with Crippen LogP contribution in [0.2, 0.25) is 0 Å². The van der Waals surface area contributed by atoms with Crippen LogP contribution in [0.1, 0.15) is 67.2 Å². The quantitative estimate of drug-likeness (QED) is 0.179. The van der Waals surface area contributed by atoms with Gasteiger partial charge in [0.15, 0.2) is 12.2 Å². The molecule has 2 N–H and O–H groups in total. The number of aliphatic hydroxyl groups is 2. The van der Waals surface area contributed by atoms with Crippen molar-refractivity contribution in [2.45, 2.75) is 127 Å². The van der Waals surface area contributed by atoms with Gasteiger partial charge in [-0.3, -0.25) is 0 Å². The van der Waals surface area contributed by atoms with Crippen molar-refractivity contribution < 1.29 is 101 Å². The molecule has 0 radical (unpaired) electrons. The number of carbonyl (C=O) groups is 4. The number of esters is 4. The van der Waals surface area contributed by atoms with Crippen molar-refractivity contribution in [1.29, 1.82) is 0 Å². The number of halogens is 12. The van der Waals surface area contributed by atoms with Crippen molar-refractivity contribution in [2.24, 2.45) is 11.8 Å². The molecule has 10 nitrogen and oxygen atoms in total. The highest BCUT2D eigenvalue weighted by atomic mass is 19.4. The molecular formula is C26H32F12O10. The SMILES string of the molecule is CC(OC(=O)C(O)(C(F)(F)F)C(F)(F)F)C(=O)OC(C)(C)C1CCCCC1C(C)(C)OC(=O)C(C)OC(=O)C(O)(C(F)(F)F)C(F)(F)F. The van der Waals surface area contributed by atoms with Gasteiger partial charge in [-0.2, -0.15) is 52.7 Å². The summed E-state index contributed by atoms with van der Waals surface area (Å²) in [5.41, 5.74) is -15.4. The Bertz CT molecular complexity index is 1080. The Balaban J connectivity index is 3.17. The van der Waals surface area contributed by atoms with Gasteiger partial charge in [-0.15, -0.1) is 0 Å². The zero-order chi connectivity index (χ0) is 38.3. The van der Waals surface area contributed by atoms with E-state index >= 15 is 0 Å². The summed E-state index contributed by atoms with van der Waals surface area (Å²) in [5, 5.41) is 18.3. The molecule has 0 aromatic carbocycles. The van der Waals surface area contributed by atoms with Gasteiger partial charge in [-0.05, 0) is 54.4 Å². The van der Waals surface area contributed by atoms with Gasteiger partial charge in [0.05, 0.1) is 0 Å². The topological polar surface area (TPSA) is 146 Å². The van der Waals surface area contributed by atoms with E-state index in [2.05, 4.69) is 9.47 Å². The zero-order valence-electron chi connectivity index (χ0n) is 25.8. The van der Waals surface area contributed by atoms with Gasteiger partial charge in [0.1, 0.15) is 11.2 Å². The maximum atomic E-state index is 13.0. The summed E-state index contributed by atoms with van der Waals surface area (Å²) in [6.45, 7) is 6.00. The van der Waals surface area contributed by atoms with E-state index in [1.54, 1.807) is 0 Å². The average molecular weight is 733 g/mol. The minimum Gasteiger partial charge on any atom is -0.457 e. The van der Waals surface area contributed by atoms with Crippen molar-refractivity contribution in [3.8, 4) is 0 Å². The third-order valence-electron chi connectivity index (χ3n) is 7.74. The second-order valence-electron chi connectivity index (χ2n) is 12.1. The smallest absolute Gasteiger partial charge is 0.437 e. The molecule has 280 valence electrons.